The Hall–Kier alpha value is -4.06. The number of para-hydroxylation sites is 1. The van der Waals surface area contributed by atoms with Crippen molar-refractivity contribution in [2.24, 2.45) is 0 Å². The first-order valence-electron chi connectivity index (χ1n) is 12.6. The molecule has 1 amide bonds. The summed E-state index contributed by atoms with van der Waals surface area (Å²) in [4.78, 5) is 28.4. The van der Waals surface area contributed by atoms with Gasteiger partial charge in [-0.05, 0) is 102 Å². The number of nitrogens with zero attached hydrogens (tertiary/aromatic N) is 2. The predicted molar refractivity (Wildman–Crippen MR) is 147 cm³/mol. The quantitative estimate of drug-likeness (QED) is 0.280. The maximum Gasteiger partial charge on any atom is 0.340 e. The lowest BCUT2D eigenvalue weighted by Crippen LogP contribution is -2.24. The number of amides is 1. The Bertz CT molecular complexity index is 1400. The van der Waals surface area contributed by atoms with E-state index in [1.54, 1.807) is 18.7 Å². The van der Waals surface area contributed by atoms with Gasteiger partial charge in [0.25, 0.3) is 5.91 Å². The van der Waals surface area contributed by atoms with Gasteiger partial charge in [0.15, 0.2) is 0 Å². The highest BCUT2D eigenvalue weighted by atomic mass is 16.5. The van der Waals surface area contributed by atoms with Gasteiger partial charge in [-0.3, -0.25) is 9.69 Å². The number of allylic oxidation sites excluding steroid dienone is 1. The first-order chi connectivity index (χ1) is 17.7. The lowest BCUT2D eigenvalue weighted by molar-refractivity contribution is -0.138. The van der Waals surface area contributed by atoms with Gasteiger partial charge in [-0.1, -0.05) is 18.2 Å². The Morgan fingerprint density at radius 3 is 2.16 bits per heavy atom. The molecule has 4 rings (SSSR count). The monoisotopic (exact) mass is 498 g/mol. The molecule has 0 N–H and O–H groups in total. The van der Waals surface area contributed by atoms with Crippen molar-refractivity contribution < 1.29 is 19.1 Å². The maximum atomic E-state index is 13.8. The summed E-state index contributed by atoms with van der Waals surface area (Å²) in [7, 11) is 0. The number of rotatable bonds is 7. The summed E-state index contributed by atoms with van der Waals surface area (Å²) in [6, 6.07) is 15.6. The Kier molecular flexibility index (Phi) is 7.39. The second-order valence-electron chi connectivity index (χ2n) is 9.21. The molecule has 1 aromatic heterocycles. The molecule has 0 unspecified atom stereocenters. The number of carbonyl (C=O) groups is 2. The van der Waals surface area contributed by atoms with Crippen molar-refractivity contribution in [2.75, 3.05) is 18.1 Å². The molecule has 0 saturated heterocycles. The molecule has 37 heavy (non-hydrogen) atoms. The van der Waals surface area contributed by atoms with Crippen LogP contribution in [-0.2, 0) is 14.3 Å². The van der Waals surface area contributed by atoms with Gasteiger partial charge in [0, 0.05) is 22.8 Å². The Balaban J connectivity index is 1.84. The van der Waals surface area contributed by atoms with E-state index in [-0.39, 0.29) is 18.1 Å². The molecule has 0 aliphatic carbocycles. The third-order valence-electron chi connectivity index (χ3n) is 6.72. The van der Waals surface area contributed by atoms with Gasteiger partial charge >= 0.3 is 5.97 Å². The van der Waals surface area contributed by atoms with Crippen LogP contribution in [-0.4, -0.2) is 29.7 Å². The average Bonchev–Trinajstić information content (AvgIpc) is 3.26. The number of benzene rings is 2. The summed E-state index contributed by atoms with van der Waals surface area (Å²) in [6.07, 6.45) is 1.82. The van der Waals surface area contributed by atoms with E-state index in [0.29, 0.717) is 23.6 Å². The number of ether oxygens (including phenoxy) is 2. The predicted octanol–water partition coefficient (Wildman–Crippen LogP) is 6.38. The van der Waals surface area contributed by atoms with Crippen molar-refractivity contribution in [2.45, 2.75) is 48.5 Å². The van der Waals surface area contributed by atoms with Crippen LogP contribution in [0, 0.1) is 27.7 Å². The van der Waals surface area contributed by atoms with Crippen LogP contribution >= 0.6 is 0 Å². The van der Waals surface area contributed by atoms with Crippen LogP contribution in [0.5, 0.6) is 5.75 Å². The highest BCUT2D eigenvalue weighted by Gasteiger charge is 2.38. The fourth-order valence-corrected chi connectivity index (χ4v) is 5.04. The van der Waals surface area contributed by atoms with Crippen LogP contribution in [0.25, 0.3) is 11.8 Å². The van der Waals surface area contributed by atoms with Crippen molar-refractivity contribution in [1.29, 1.82) is 0 Å². The van der Waals surface area contributed by atoms with E-state index in [0.717, 1.165) is 28.4 Å². The van der Waals surface area contributed by atoms with Gasteiger partial charge < -0.3 is 14.0 Å². The fourth-order valence-electron chi connectivity index (χ4n) is 5.04. The zero-order valence-electron chi connectivity index (χ0n) is 22.6. The number of aromatic nitrogens is 1. The zero-order chi connectivity index (χ0) is 26.9. The molecule has 2 heterocycles. The minimum Gasteiger partial charge on any atom is -0.494 e. The molecule has 0 saturated carbocycles. The number of esters is 1. The molecule has 0 atom stereocenters. The summed E-state index contributed by atoms with van der Waals surface area (Å²) >= 11 is 0. The minimum atomic E-state index is -0.503. The number of anilines is 1. The number of hydrogen-bond donors (Lipinski definition) is 0. The normalized spacial score (nSPS) is 14.6. The summed E-state index contributed by atoms with van der Waals surface area (Å²) in [5.41, 5.74) is 8.22. The molecule has 0 bridgehead atoms. The first kappa shape index (κ1) is 26.0. The zero-order valence-corrected chi connectivity index (χ0v) is 22.6. The van der Waals surface area contributed by atoms with Crippen molar-refractivity contribution in [3.05, 3.63) is 93.5 Å². The standard InChI is InChI=1S/C31H34N2O4/c1-8-36-26-15-13-25(14-16-26)33-23(7)28(31(35)37-9-2)27(30(33)34)18-24-17-21(5)32(22(24)6)29-19(3)11-10-12-20(29)4/h10-18H,8-9H2,1-7H3/b27-18-. The highest BCUT2D eigenvalue weighted by Crippen LogP contribution is 2.37. The van der Waals surface area contributed by atoms with Gasteiger partial charge in [0.1, 0.15) is 5.75 Å². The van der Waals surface area contributed by atoms with Crippen molar-refractivity contribution in [3.8, 4) is 11.4 Å². The smallest absolute Gasteiger partial charge is 0.340 e. The van der Waals surface area contributed by atoms with Crippen LogP contribution in [0.1, 0.15) is 48.8 Å². The molecule has 6 nitrogen and oxygen atoms in total. The molecule has 1 aliphatic heterocycles. The second-order valence-corrected chi connectivity index (χ2v) is 9.21. The van der Waals surface area contributed by atoms with Crippen molar-refractivity contribution in [1.82, 2.24) is 4.57 Å². The molecule has 192 valence electrons. The van der Waals surface area contributed by atoms with Crippen molar-refractivity contribution in [3.63, 3.8) is 0 Å². The molecule has 6 heteroatoms. The summed E-state index contributed by atoms with van der Waals surface area (Å²) in [5, 5.41) is 0. The fraction of sp³-hybridized carbons (Fsp3) is 0.290. The Morgan fingerprint density at radius 2 is 1.57 bits per heavy atom. The SMILES string of the molecule is CCOC(=O)C1=C(C)N(c2ccc(OCC)cc2)C(=O)/C1=C\c1cc(C)n(-c2c(C)cccc2C)c1C. The molecule has 2 aromatic carbocycles. The summed E-state index contributed by atoms with van der Waals surface area (Å²) in [6.45, 7) is 14.5. The van der Waals surface area contributed by atoms with Crippen molar-refractivity contribution >= 4 is 23.6 Å². The minimum absolute atomic E-state index is 0.223. The summed E-state index contributed by atoms with van der Waals surface area (Å²) < 4.78 is 13.1. The number of hydrogen-bond acceptors (Lipinski definition) is 4. The van der Waals surface area contributed by atoms with Crippen LogP contribution in [0.4, 0.5) is 5.69 Å². The molecule has 3 aromatic rings. The Morgan fingerprint density at radius 1 is 0.919 bits per heavy atom. The van der Waals surface area contributed by atoms with E-state index in [2.05, 4.69) is 49.6 Å². The van der Waals surface area contributed by atoms with Crippen LogP contribution in [0.15, 0.2) is 65.4 Å². The topological polar surface area (TPSA) is 60.8 Å². The average molecular weight is 499 g/mol. The molecular weight excluding hydrogens is 464 g/mol. The number of aryl methyl sites for hydroxylation is 3. The molecular formula is C31H34N2O4. The third kappa shape index (κ3) is 4.71. The van der Waals surface area contributed by atoms with E-state index in [9.17, 15) is 9.59 Å². The lowest BCUT2D eigenvalue weighted by atomic mass is 10.0. The van der Waals surface area contributed by atoms with Gasteiger partial charge in [-0.25, -0.2) is 4.79 Å². The second kappa shape index (κ2) is 10.5. The van der Waals surface area contributed by atoms with Gasteiger partial charge in [0.05, 0.1) is 30.0 Å². The first-order valence-corrected chi connectivity index (χ1v) is 12.6. The number of carbonyl (C=O) groups excluding carboxylic acids is 2. The molecule has 0 spiro atoms. The Labute approximate surface area is 218 Å². The largest absolute Gasteiger partial charge is 0.494 e. The van der Waals surface area contributed by atoms with E-state index >= 15 is 0 Å². The van der Waals surface area contributed by atoms with Crippen LogP contribution in [0.2, 0.25) is 0 Å². The third-order valence-corrected chi connectivity index (χ3v) is 6.72. The van der Waals surface area contributed by atoms with Gasteiger partial charge in [-0.2, -0.15) is 0 Å². The maximum absolute atomic E-state index is 13.8. The highest BCUT2D eigenvalue weighted by molar-refractivity contribution is 6.23. The molecule has 1 aliphatic rings. The van der Waals surface area contributed by atoms with E-state index in [1.165, 1.54) is 11.1 Å². The van der Waals surface area contributed by atoms with Gasteiger partial charge in [-0.15, -0.1) is 0 Å². The van der Waals surface area contributed by atoms with Crippen LogP contribution < -0.4 is 9.64 Å². The van der Waals surface area contributed by atoms with E-state index in [4.69, 9.17) is 9.47 Å². The lowest BCUT2D eigenvalue weighted by Gasteiger charge is -2.18. The molecule has 0 radical (unpaired) electrons. The van der Waals surface area contributed by atoms with E-state index < -0.39 is 5.97 Å². The van der Waals surface area contributed by atoms with Crippen LogP contribution in [0.3, 0.4) is 0 Å². The van der Waals surface area contributed by atoms with Gasteiger partial charge in [0.2, 0.25) is 0 Å². The molecule has 0 fully saturated rings. The van der Waals surface area contributed by atoms with E-state index in [1.807, 2.05) is 44.2 Å². The summed E-state index contributed by atoms with van der Waals surface area (Å²) in [5.74, 6) is -0.0435.